The summed E-state index contributed by atoms with van der Waals surface area (Å²) in [6.07, 6.45) is 1.42. The molecule has 0 aliphatic carbocycles. The second kappa shape index (κ2) is 3.70. The van der Waals surface area contributed by atoms with Crippen molar-refractivity contribution in [1.29, 1.82) is 0 Å². The Balaban J connectivity index is 2.56. The molecule has 0 spiro atoms. The van der Waals surface area contributed by atoms with Gasteiger partial charge in [0.15, 0.2) is 0 Å². The van der Waals surface area contributed by atoms with E-state index in [1.807, 2.05) is 25.2 Å². The molecule has 0 saturated carbocycles. The van der Waals surface area contributed by atoms with Crippen LogP contribution < -0.4 is 5.32 Å². The number of fused-ring (bicyclic) bond motifs is 1. The lowest BCUT2D eigenvalue weighted by Gasteiger charge is -1.99. The van der Waals surface area contributed by atoms with Crippen molar-refractivity contribution in [2.75, 3.05) is 7.05 Å². The summed E-state index contributed by atoms with van der Waals surface area (Å²) in [6, 6.07) is 5.63. The van der Waals surface area contributed by atoms with E-state index in [2.05, 4.69) is 10.3 Å². The minimum Gasteiger partial charge on any atom is -0.355 e. The highest BCUT2D eigenvalue weighted by atomic mass is 16.6. The fourth-order valence-electron chi connectivity index (χ4n) is 1.62. The molecule has 0 bridgehead atoms. The van der Waals surface area contributed by atoms with Crippen LogP contribution in [0, 0.1) is 10.1 Å². The molecular formula is C10H11N3O2. The lowest BCUT2D eigenvalue weighted by molar-refractivity contribution is -0.383. The average molecular weight is 205 g/mol. The summed E-state index contributed by atoms with van der Waals surface area (Å²) in [5.41, 5.74) is 1.96. The number of aromatic amines is 1. The van der Waals surface area contributed by atoms with Crippen molar-refractivity contribution in [2.45, 2.75) is 6.54 Å². The van der Waals surface area contributed by atoms with Crippen LogP contribution in [0.15, 0.2) is 24.4 Å². The molecule has 1 aromatic carbocycles. The summed E-state index contributed by atoms with van der Waals surface area (Å²) in [5.74, 6) is 0. The largest absolute Gasteiger partial charge is 0.355 e. The van der Waals surface area contributed by atoms with Gasteiger partial charge in [-0.2, -0.15) is 0 Å². The first-order valence-electron chi connectivity index (χ1n) is 4.61. The van der Waals surface area contributed by atoms with Crippen LogP contribution in [-0.2, 0) is 6.54 Å². The fourth-order valence-corrected chi connectivity index (χ4v) is 1.62. The summed E-state index contributed by atoms with van der Waals surface area (Å²) < 4.78 is 0. The Morgan fingerprint density at radius 1 is 1.53 bits per heavy atom. The number of rotatable bonds is 3. The Morgan fingerprint density at radius 2 is 2.33 bits per heavy atom. The zero-order chi connectivity index (χ0) is 10.8. The Bertz CT molecular complexity index is 504. The van der Waals surface area contributed by atoms with Crippen LogP contribution in [0.2, 0.25) is 0 Å². The molecule has 2 N–H and O–H groups in total. The topological polar surface area (TPSA) is 71.0 Å². The predicted octanol–water partition coefficient (Wildman–Crippen LogP) is 1.80. The quantitative estimate of drug-likeness (QED) is 0.592. The van der Waals surface area contributed by atoms with E-state index in [1.165, 1.54) is 6.20 Å². The van der Waals surface area contributed by atoms with Gasteiger partial charge >= 0.3 is 0 Å². The van der Waals surface area contributed by atoms with Gasteiger partial charge in [-0.1, -0.05) is 6.07 Å². The highest BCUT2D eigenvalue weighted by Gasteiger charge is 2.13. The number of nitrogens with one attached hydrogen (secondary N) is 2. The van der Waals surface area contributed by atoms with E-state index in [0.29, 0.717) is 11.9 Å². The first-order chi connectivity index (χ1) is 7.22. The van der Waals surface area contributed by atoms with Gasteiger partial charge in [-0.3, -0.25) is 10.1 Å². The van der Waals surface area contributed by atoms with Crippen molar-refractivity contribution in [3.05, 3.63) is 40.1 Å². The highest BCUT2D eigenvalue weighted by molar-refractivity contribution is 5.89. The Labute approximate surface area is 86.3 Å². The number of hydrogen-bond donors (Lipinski definition) is 2. The van der Waals surface area contributed by atoms with E-state index in [9.17, 15) is 10.1 Å². The van der Waals surface area contributed by atoms with Crippen LogP contribution in [0.5, 0.6) is 0 Å². The van der Waals surface area contributed by atoms with Gasteiger partial charge in [-0.15, -0.1) is 0 Å². The number of nitro groups is 1. The van der Waals surface area contributed by atoms with Gasteiger partial charge in [0.1, 0.15) is 0 Å². The molecule has 78 valence electrons. The SMILES string of the molecule is CNCc1ccc2[nH]cc([N+](=O)[O-])c2c1. The number of H-pyrrole nitrogens is 1. The van der Waals surface area contributed by atoms with E-state index >= 15 is 0 Å². The highest BCUT2D eigenvalue weighted by Crippen LogP contribution is 2.25. The molecular weight excluding hydrogens is 194 g/mol. The predicted molar refractivity (Wildman–Crippen MR) is 57.7 cm³/mol. The first kappa shape index (κ1) is 9.67. The number of nitrogens with zero attached hydrogens (tertiary/aromatic N) is 1. The number of aromatic nitrogens is 1. The molecule has 0 unspecified atom stereocenters. The number of benzene rings is 1. The third kappa shape index (κ3) is 1.69. The molecule has 15 heavy (non-hydrogen) atoms. The maximum Gasteiger partial charge on any atom is 0.294 e. The van der Waals surface area contributed by atoms with Gasteiger partial charge in [0.25, 0.3) is 5.69 Å². The fraction of sp³-hybridized carbons (Fsp3) is 0.200. The van der Waals surface area contributed by atoms with Crippen LogP contribution in [0.4, 0.5) is 5.69 Å². The second-order valence-electron chi connectivity index (χ2n) is 3.34. The summed E-state index contributed by atoms with van der Waals surface area (Å²) in [6.45, 7) is 0.707. The van der Waals surface area contributed by atoms with E-state index in [-0.39, 0.29) is 10.6 Å². The average Bonchev–Trinajstić information content (AvgIpc) is 2.61. The van der Waals surface area contributed by atoms with Gasteiger partial charge in [0, 0.05) is 6.54 Å². The Kier molecular flexibility index (Phi) is 2.39. The van der Waals surface area contributed by atoms with Gasteiger partial charge in [-0.25, -0.2) is 0 Å². The zero-order valence-electron chi connectivity index (χ0n) is 8.28. The van der Waals surface area contributed by atoms with E-state index in [1.54, 1.807) is 0 Å². The van der Waals surface area contributed by atoms with Crippen LogP contribution in [0.3, 0.4) is 0 Å². The molecule has 0 radical (unpaired) electrons. The molecule has 2 aromatic rings. The van der Waals surface area contributed by atoms with Crippen molar-refractivity contribution in [3.8, 4) is 0 Å². The molecule has 0 aliphatic rings. The molecule has 0 amide bonds. The van der Waals surface area contributed by atoms with E-state index < -0.39 is 0 Å². The minimum atomic E-state index is -0.373. The first-order valence-corrected chi connectivity index (χ1v) is 4.61. The van der Waals surface area contributed by atoms with Gasteiger partial charge in [-0.05, 0) is 24.7 Å². The van der Waals surface area contributed by atoms with Crippen molar-refractivity contribution in [2.24, 2.45) is 0 Å². The standard InChI is InChI=1S/C10H11N3O2/c1-11-5-7-2-3-9-8(4-7)10(6-12-9)13(14)15/h2-4,6,11-12H,5H2,1H3. The second-order valence-corrected chi connectivity index (χ2v) is 3.34. The molecule has 0 atom stereocenters. The summed E-state index contributed by atoms with van der Waals surface area (Å²) >= 11 is 0. The third-order valence-corrected chi connectivity index (χ3v) is 2.30. The third-order valence-electron chi connectivity index (χ3n) is 2.30. The smallest absolute Gasteiger partial charge is 0.294 e. The Hall–Kier alpha value is -1.88. The van der Waals surface area contributed by atoms with E-state index in [0.717, 1.165) is 11.1 Å². The minimum absolute atomic E-state index is 0.128. The van der Waals surface area contributed by atoms with Crippen molar-refractivity contribution < 1.29 is 4.92 Å². The van der Waals surface area contributed by atoms with Crippen molar-refractivity contribution >= 4 is 16.6 Å². The molecule has 2 rings (SSSR count). The summed E-state index contributed by atoms with van der Waals surface area (Å²) in [4.78, 5) is 13.2. The molecule has 5 nitrogen and oxygen atoms in total. The van der Waals surface area contributed by atoms with Crippen LogP contribution in [0.1, 0.15) is 5.56 Å². The van der Waals surface area contributed by atoms with Crippen LogP contribution in [0.25, 0.3) is 10.9 Å². The monoisotopic (exact) mass is 205 g/mol. The summed E-state index contributed by atoms with van der Waals surface area (Å²) in [7, 11) is 1.84. The molecule has 1 aromatic heterocycles. The Morgan fingerprint density at radius 3 is 3.00 bits per heavy atom. The van der Waals surface area contributed by atoms with E-state index in [4.69, 9.17) is 0 Å². The van der Waals surface area contributed by atoms with Gasteiger partial charge < -0.3 is 10.3 Å². The molecule has 0 saturated heterocycles. The zero-order valence-corrected chi connectivity index (χ0v) is 8.28. The molecule has 0 fully saturated rings. The molecule has 1 heterocycles. The van der Waals surface area contributed by atoms with Crippen LogP contribution in [-0.4, -0.2) is 17.0 Å². The maximum absolute atomic E-state index is 10.7. The lowest BCUT2D eigenvalue weighted by Crippen LogP contribution is -2.04. The van der Waals surface area contributed by atoms with Gasteiger partial charge in [0.05, 0.1) is 22.0 Å². The van der Waals surface area contributed by atoms with Crippen molar-refractivity contribution in [1.82, 2.24) is 10.3 Å². The summed E-state index contributed by atoms with van der Waals surface area (Å²) in [5, 5.41) is 14.4. The lowest BCUT2D eigenvalue weighted by atomic mass is 10.1. The normalized spacial score (nSPS) is 10.7. The van der Waals surface area contributed by atoms with Crippen LogP contribution >= 0.6 is 0 Å². The maximum atomic E-state index is 10.7. The van der Waals surface area contributed by atoms with Gasteiger partial charge in [0.2, 0.25) is 0 Å². The van der Waals surface area contributed by atoms with Crippen molar-refractivity contribution in [3.63, 3.8) is 0 Å². The number of hydrogen-bond acceptors (Lipinski definition) is 3. The molecule has 0 aliphatic heterocycles. The molecule has 5 heteroatoms.